The standard InChI is InChI=1S/C23H31N3O5/c27-20(28)14-10-5-3-1-2-4-6-11-15-24-16-19-21(29)25-23(31)26(22(19)30)17-18-12-8-7-9-13-18/h7-9,12-13,16,30H,1-6,10-11,14-15,17H2,(H,27,28)(H,25,29,31). The number of aromatic amines is 1. The molecule has 2 rings (SSSR count). The number of H-pyrrole nitrogens is 1. The van der Waals surface area contributed by atoms with E-state index in [0.29, 0.717) is 6.54 Å². The maximum atomic E-state index is 12.1. The van der Waals surface area contributed by atoms with Crippen molar-refractivity contribution in [1.29, 1.82) is 0 Å². The zero-order chi connectivity index (χ0) is 22.5. The molecule has 0 atom stereocenters. The van der Waals surface area contributed by atoms with Gasteiger partial charge in [0.05, 0.1) is 6.54 Å². The summed E-state index contributed by atoms with van der Waals surface area (Å²) in [6.45, 7) is 0.689. The lowest BCUT2D eigenvalue weighted by molar-refractivity contribution is -0.137. The number of carboxylic acids is 1. The number of unbranched alkanes of at least 4 members (excludes halogenated alkanes) is 7. The minimum Gasteiger partial charge on any atom is -0.494 e. The number of aliphatic carboxylic acids is 1. The third-order valence-electron chi connectivity index (χ3n) is 5.04. The van der Waals surface area contributed by atoms with Gasteiger partial charge in [-0.3, -0.25) is 24.1 Å². The molecule has 0 unspecified atom stereocenters. The van der Waals surface area contributed by atoms with Gasteiger partial charge in [0, 0.05) is 19.2 Å². The summed E-state index contributed by atoms with van der Waals surface area (Å²) >= 11 is 0. The van der Waals surface area contributed by atoms with Crippen LogP contribution in [0.5, 0.6) is 5.88 Å². The van der Waals surface area contributed by atoms with Crippen molar-refractivity contribution in [2.24, 2.45) is 4.99 Å². The van der Waals surface area contributed by atoms with Gasteiger partial charge in [0.2, 0.25) is 5.88 Å². The zero-order valence-corrected chi connectivity index (χ0v) is 17.8. The molecule has 0 radical (unpaired) electrons. The van der Waals surface area contributed by atoms with E-state index in [0.717, 1.165) is 61.5 Å². The van der Waals surface area contributed by atoms with E-state index in [4.69, 9.17) is 5.11 Å². The van der Waals surface area contributed by atoms with Crippen molar-refractivity contribution < 1.29 is 15.0 Å². The van der Waals surface area contributed by atoms with Crippen molar-refractivity contribution in [2.75, 3.05) is 6.54 Å². The summed E-state index contributed by atoms with van der Waals surface area (Å²) in [5.41, 5.74) is -0.501. The largest absolute Gasteiger partial charge is 0.494 e. The second-order valence-electron chi connectivity index (χ2n) is 7.58. The van der Waals surface area contributed by atoms with Crippen molar-refractivity contribution in [3.05, 3.63) is 62.3 Å². The van der Waals surface area contributed by atoms with Gasteiger partial charge in [-0.05, 0) is 18.4 Å². The van der Waals surface area contributed by atoms with Gasteiger partial charge >= 0.3 is 11.7 Å². The topological polar surface area (TPSA) is 125 Å². The van der Waals surface area contributed by atoms with Gasteiger partial charge in [-0.2, -0.15) is 0 Å². The highest BCUT2D eigenvalue weighted by molar-refractivity contribution is 5.81. The third kappa shape index (κ3) is 8.62. The molecule has 0 aliphatic carbocycles. The van der Waals surface area contributed by atoms with Crippen molar-refractivity contribution in [2.45, 2.75) is 64.3 Å². The molecule has 0 saturated heterocycles. The number of rotatable bonds is 14. The first-order chi connectivity index (χ1) is 15.0. The van der Waals surface area contributed by atoms with Crippen LogP contribution in [0, 0.1) is 0 Å². The number of carbonyl (C=O) groups is 1. The maximum absolute atomic E-state index is 12.1. The van der Waals surface area contributed by atoms with E-state index < -0.39 is 17.2 Å². The quantitative estimate of drug-likeness (QED) is 0.314. The fourth-order valence-corrected chi connectivity index (χ4v) is 3.30. The Morgan fingerprint density at radius 2 is 1.58 bits per heavy atom. The number of hydrogen-bond acceptors (Lipinski definition) is 5. The van der Waals surface area contributed by atoms with Crippen molar-refractivity contribution >= 4 is 12.2 Å². The van der Waals surface area contributed by atoms with Gasteiger partial charge in [0.1, 0.15) is 5.56 Å². The van der Waals surface area contributed by atoms with E-state index in [2.05, 4.69) is 9.98 Å². The molecule has 0 fully saturated rings. The average molecular weight is 430 g/mol. The van der Waals surface area contributed by atoms with Gasteiger partial charge in [-0.15, -0.1) is 0 Å². The molecule has 0 amide bonds. The summed E-state index contributed by atoms with van der Waals surface area (Å²) in [6, 6.07) is 9.21. The van der Waals surface area contributed by atoms with E-state index in [1.807, 2.05) is 30.3 Å². The second-order valence-corrected chi connectivity index (χ2v) is 7.58. The molecule has 31 heavy (non-hydrogen) atoms. The monoisotopic (exact) mass is 429 g/mol. The highest BCUT2D eigenvalue weighted by Crippen LogP contribution is 2.12. The molecule has 0 bridgehead atoms. The zero-order valence-electron chi connectivity index (χ0n) is 17.8. The van der Waals surface area contributed by atoms with E-state index >= 15 is 0 Å². The SMILES string of the molecule is O=C(O)CCCCCCCCCCN=Cc1c(O)n(Cc2ccccc2)c(=O)[nH]c1=O. The van der Waals surface area contributed by atoms with E-state index in [1.165, 1.54) is 6.21 Å². The van der Waals surface area contributed by atoms with E-state index in [-0.39, 0.29) is 24.4 Å². The van der Waals surface area contributed by atoms with Gasteiger partial charge < -0.3 is 10.2 Å². The number of hydrogen-bond donors (Lipinski definition) is 3. The molecule has 168 valence electrons. The summed E-state index contributed by atoms with van der Waals surface area (Å²) in [4.78, 5) is 41.1. The Bertz CT molecular complexity index is 963. The fourth-order valence-electron chi connectivity index (χ4n) is 3.30. The molecule has 0 aliphatic heterocycles. The van der Waals surface area contributed by atoms with Crippen LogP contribution < -0.4 is 11.2 Å². The molecule has 2 aromatic rings. The summed E-state index contributed by atoms with van der Waals surface area (Å²) in [6.07, 6.45) is 9.54. The smallest absolute Gasteiger partial charge is 0.331 e. The maximum Gasteiger partial charge on any atom is 0.331 e. The normalized spacial score (nSPS) is 11.2. The van der Waals surface area contributed by atoms with E-state index in [1.54, 1.807) is 0 Å². The number of aromatic hydroxyl groups is 1. The van der Waals surface area contributed by atoms with E-state index in [9.17, 15) is 19.5 Å². The van der Waals surface area contributed by atoms with Gasteiger partial charge in [0.25, 0.3) is 5.56 Å². The summed E-state index contributed by atoms with van der Waals surface area (Å²) in [5, 5.41) is 19.0. The minimum atomic E-state index is -0.731. The molecule has 0 saturated carbocycles. The molecular formula is C23H31N3O5. The number of benzene rings is 1. The van der Waals surface area contributed by atoms with Crippen LogP contribution in [-0.4, -0.2) is 38.5 Å². The van der Waals surface area contributed by atoms with Crippen LogP contribution in [0.15, 0.2) is 44.9 Å². The first-order valence-electron chi connectivity index (χ1n) is 10.8. The van der Waals surface area contributed by atoms with Crippen LogP contribution in [-0.2, 0) is 11.3 Å². The van der Waals surface area contributed by atoms with Crippen molar-refractivity contribution in [3.8, 4) is 5.88 Å². The Kier molecular flexibility index (Phi) is 10.3. The first kappa shape index (κ1) is 24.1. The van der Waals surface area contributed by atoms with Crippen LogP contribution in [0.1, 0.15) is 68.9 Å². The van der Waals surface area contributed by atoms with Crippen LogP contribution in [0.2, 0.25) is 0 Å². The molecule has 1 aromatic carbocycles. The molecule has 3 N–H and O–H groups in total. The van der Waals surface area contributed by atoms with Crippen LogP contribution >= 0.6 is 0 Å². The average Bonchev–Trinajstić information content (AvgIpc) is 2.74. The molecule has 0 spiro atoms. The highest BCUT2D eigenvalue weighted by Gasteiger charge is 2.12. The Morgan fingerprint density at radius 1 is 0.968 bits per heavy atom. The van der Waals surface area contributed by atoms with Gasteiger partial charge in [0.15, 0.2) is 0 Å². The summed E-state index contributed by atoms with van der Waals surface area (Å²) in [5.74, 6) is -1.12. The van der Waals surface area contributed by atoms with Crippen LogP contribution in [0.4, 0.5) is 0 Å². The molecular weight excluding hydrogens is 398 g/mol. The van der Waals surface area contributed by atoms with Crippen LogP contribution in [0.3, 0.4) is 0 Å². The Morgan fingerprint density at radius 3 is 2.23 bits per heavy atom. The minimum absolute atomic E-state index is 0.0168. The number of carboxylic acid groups (broad SMARTS) is 1. The fraction of sp³-hybridized carbons (Fsp3) is 0.478. The van der Waals surface area contributed by atoms with Crippen LogP contribution in [0.25, 0.3) is 0 Å². The predicted octanol–water partition coefficient (Wildman–Crippen LogP) is 3.30. The lowest BCUT2D eigenvalue weighted by Gasteiger charge is -2.09. The number of aliphatic imine (C=N–C) groups is 1. The molecule has 8 heteroatoms. The summed E-state index contributed by atoms with van der Waals surface area (Å²) < 4.78 is 1.12. The lowest BCUT2D eigenvalue weighted by Crippen LogP contribution is -2.32. The Balaban J connectivity index is 1.76. The van der Waals surface area contributed by atoms with Gasteiger partial charge in [-0.1, -0.05) is 68.9 Å². The summed E-state index contributed by atoms with van der Waals surface area (Å²) in [7, 11) is 0. The number of aromatic nitrogens is 2. The van der Waals surface area contributed by atoms with Crippen molar-refractivity contribution in [1.82, 2.24) is 9.55 Å². The number of nitrogens with one attached hydrogen (secondary N) is 1. The predicted molar refractivity (Wildman–Crippen MR) is 120 cm³/mol. The second kappa shape index (κ2) is 13.2. The van der Waals surface area contributed by atoms with Gasteiger partial charge in [-0.25, -0.2) is 4.79 Å². The lowest BCUT2D eigenvalue weighted by atomic mass is 10.1. The number of nitrogens with zero attached hydrogens (tertiary/aromatic N) is 2. The molecule has 0 aliphatic rings. The Labute approximate surface area is 181 Å². The highest BCUT2D eigenvalue weighted by atomic mass is 16.4. The molecule has 1 heterocycles. The molecule has 1 aromatic heterocycles. The first-order valence-corrected chi connectivity index (χ1v) is 10.8. The Hall–Kier alpha value is -3.16. The molecule has 8 nitrogen and oxygen atoms in total. The third-order valence-corrected chi connectivity index (χ3v) is 5.04. The van der Waals surface area contributed by atoms with Crippen molar-refractivity contribution in [3.63, 3.8) is 0 Å².